The molecule has 4 aliphatic carbocycles. The second kappa shape index (κ2) is 14.5. The Bertz CT molecular complexity index is 964. The van der Waals surface area contributed by atoms with Crippen LogP contribution in [0.3, 0.4) is 0 Å². The average molecular weight is 555 g/mol. The number of rotatable bonds is 6. The molecule has 0 aromatic carbocycles. The number of carbonyl (C=O) groups excluding carboxylic acids is 1. The van der Waals surface area contributed by atoms with Crippen molar-refractivity contribution in [1.82, 2.24) is 0 Å². The zero-order chi connectivity index (χ0) is 28.6. The summed E-state index contributed by atoms with van der Waals surface area (Å²) >= 11 is 0. The molecule has 3 saturated carbocycles. The van der Waals surface area contributed by atoms with Gasteiger partial charge in [0.2, 0.25) is 0 Å². The molecule has 0 aromatic rings. The van der Waals surface area contributed by atoms with E-state index in [1.807, 2.05) is 6.08 Å². The first-order valence-corrected chi connectivity index (χ1v) is 16.3. The summed E-state index contributed by atoms with van der Waals surface area (Å²) in [5.41, 5.74) is 4.68. The SMILES string of the molecule is C=C1C(=CC=C2CCC[C@]3(C)C(CC)=CC[C@@H]23)C[C@](O)(OCC(=O)OC2CCCCCCCCCCC2)C[C@@H]1O. The van der Waals surface area contributed by atoms with Crippen molar-refractivity contribution in [2.45, 2.75) is 147 Å². The van der Waals surface area contributed by atoms with Gasteiger partial charge in [0.05, 0.1) is 6.10 Å². The highest BCUT2D eigenvalue weighted by molar-refractivity contribution is 5.71. The van der Waals surface area contributed by atoms with Crippen LogP contribution in [0.1, 0.15) is 129 Å². The number of hydrogen-bond acceptors (Lipinski definition) is 5. The van der Waals surface area contributed by atoms with Crippen molar-refractivity contribution in [3.05, 3.63) is 47.1 Å². The fourth-order valence-corrected chi connectivity index (χ4v) is 7.72. The molecule has 5 heteroatoms. The molecule has 4 atom stereocenters. The maximum absolute atomic E-state index is 12.8. The molecule has 0 amide bonds. The lowest BCUT2D eigenvalue weighted by Crippen LogP contribution is -2.43. The second-order valence-corrected chi connectivity index (χ2v) is 13.1. The van der Waals surface area contributed by atoms with Crippen LogP contribution in [-0.4, -0.2) is 40.8 Å². The predicted molar refractivity (Wildman–Crippen MR) is 161 cm³/mol. The lowest BCUT2D eigenvalue weighted by Gasteiger charge is -2.41. The van der Waals surface area contributed by atoms with E-state index in [2.05, 4.69) is 32.6 Å². The maximum atomic E-state index is 12.8. The van der Waals surface area contributed by atoms with Gasteiger partial charge in [0.15, 0.2) is 5.79 Å². The molecule has 0 bridgehead atoms. The summed E-state index contributed by atoms with van der Waals surface area (Å²) < 4.78 is 11.6. The van der Waals surface area contributed by atoms with Crippen molar-refractivity contribution in [2.75, 3.05) is 6.61 Å². The molecule has 0 unspecified atom stereocenters. The lowest BCUT2D eigenvalue weighted by molar-refractivity contribution is -0.226. The van der Waals surface area contributed by atoms with Gasteiger partial charge in [-0.2, -0.15) is 0 Å². The molecule has 3 fully saturated rings. The summed E-state index contributed by atoms with van der Waals surface area (Å²) in [5.74, 6) is -1.53. The maximum Gasteiger partial charge on any atom is 0.332 e. The van der Waals surface area contributed by atoms with E-state index in [1.165, 1.54) is 63.4 Å². The van der Waals surface area contributed by atoms with Crippen LogP contribution >= 0.6 is 0 Å². The highest BCUT2D eigenvalue weighted by atomic mass is 16.6. The summed E-state index contributed by atoms with van der Waals surface area (Å²) in [6.45, 7) is 8.47. The monoisotopic (exact) mass is 554 g/mol. The van der Waals surface area contributed by atoms with Gasteiger partial charge in [-0.3, -0.25) is 0 Å². The van der Waals surface area contributed by atoms with E-state index in [4.69, 9.17) is 9.47 Å². The minimum atomic E-state index is -1.62. The van der Waals surface area contributed by atoms with Crippen LogP contribution in [0.4, 0.5) is 0 Å². The van der Waals surface area contributed by atoms with Gasteiger partial charge in [0.1, 0.15) is 12.7 Å². The Balaban J connectivity index is 1.35. The van der Waals surface area contributed by atoms with Crippen LogP contribution < -0.4 is 0 Å². The summed E-state index contributed by atoms with van der Waals surface area (Å²) in [6, 6.07) is 0. The predicted octanol–water partition coefficient (Wildman–Crippen LogP) is 8.02. The number of esters is 1. The van der Waals surface area contributed by atoms with Crippen molar-refractivity contribution >= 4 is 5.97 Å². The minimum Gasteiger partial charge on any atom is -0.461 e. The first-order valence-electron chi connectivity index (χ1n) is 16.3. The third kappa shape index (κ3) is 7.98. The number of hydrogen-bond donors (Lipinski definition) is 2. The van der Waals surface area contributed by atoms with E-state index >= 15 is 0 Å². The molecule has 5 nitrogen and oxygen atoms in total. The van der Waals surface area contributed by atoms with Gasteiger partial charge in [-0.1, -0.05) is 94.7 Å². The normalized spacial score (nSPS) is 35.1. The van der Waals surface area contributed by atoms with E-state index in [9.17, 15) is 15.0 Å². The molecule has 40 heavy (non-hydrogen) atoms. The third-order valence-corrected chi connectivity index (χ3v) is 10.2. The van der Waals surface area contributed by atoms with E-state index in [1.54, 1.807) is 5.57 Å². The first-order chi connectivity index (χ1) is 19.2. The summed E-state index contributed by atoms with van der Waals surface area (Å²) in [4.78, 5) is 12.8. The Labute approximate surface area is 242 Å². The Morgan fingerprint density at radius 1 is 1.05 bits per heavy atom. The number of fused-ring (bicyclic) bond motifs is 1. The molecular formula is C35H54O5. The molecule has 0 heterocycles. The number of carbonyl (C=O) groups is 1. The number of aliphatic hydroxyl groups excluding tert-OH is 1. The Morgan fingerprint density at radius 2 is 1.70 bits per heavy atom. The molecular weight excluding hydrogens is 500 g/mol. The second-order valence-electron chi connectivity index (χ2n) is 13.1. The highest BCUT2D eigenvalue weighted by Gasteiger charge is 2.44. The summed E-state index contributed by atoms with van der Waals surface area (Å²) in [5, 5.41) is 22.0. The largest absolute Gasteiger partial charge is 0.461 e. The molecule has 224 valence electrons. The van der Waals surface area contributed by atoms with Crippen LogP contribution in [0.5, 0.6) is 0 Å². The van der Waals surface area contributed by atoms with Crippen molar-refractivity contribution < 1.29 is 24.5 Å². The van der Waals surface area contributed by atoms with Gasteiger partial charge in [0, 0.05) is 12.8 Å². The smallest absolute Gasteiger partial charge is 0.332 e. The molecule has 4 aliphatic rings. The van der Waals surface area contributed by atoms with E-state index < -0.39 is 17.9 Å². The molecule has 4 rings (SSSR count). The van der Waals surface area contributed by atoms with Gasteiger partial charge in [0.25, 0.3) is 0 Å². The average Bonchev–Trinajstić information content (AvgIpc) is 3.27. The quantitative estimate of drug-likeness (QED) is 0.198. The molecule has 2 N–H and O–H groups in total. The van der Waals surface area contributed by atoms with Gasteiger partial charge >= 0.3 is 5.97 Å². The Hall–Kier alpha value is -1.69. The Morgan fingerprint density at radius 3 is 2.35 bits per heavy atom. The van der Waals surface area contributed by atoms with Crippen LogP contribution in [0, 0.1) is 11.3 Å². The standard InChI is InChI=1S/C35H54O5/c1-4-29-20-21-31-27(15-14-22-34(29,31)3)18-19-28-23-35(38,24-32(36)26(28)2)39-25-33(37)40-30-16-12-10-8-6-5-7-9-11-13-17-30/h18-20,30-32,36,38H,2,4-17,21-25H2,1,3H3/t31-,32-,34+,35-/m0/s1. The zero-order valence-electron chi connectivity index (χ0n) is 25.2. The minimum absolute atomic E-state index is 0.000922. The van der Waals surface area contributed by atoms with Crippen molar-refractivity contribution in [3.63, 3.8) is 0 Å². The van der Waals surface area contributed by atoms with Gasteiger partial charge in [-0.15, -0.1) is 0 Å². The van der Waals surface area contributed by atoms with Crippen LogP contribution in [0.15, 0.2) is 47.1 Å². The number of aliphatic hydroxyl groups is 2. The molecule has 0 aliphatic heterocycles. The highest BCUT2D eigenvalue weighted by Crippen LogP contribution is 2.55. The summed E-state index contributed by atoms with van der Waals surface area (Å²) in [6.07, 6.45) is 24.4. The third-order valence-electron chi connectivity index (χ3n) is 10.2. The van der Waals surface area contributed by atoms with E-state index in [0.29, 0.717) is 11.5 Å². The Kier molecular flexibility index (Phi) is 11.3. The lowest BCUT2D eigenvalue weighted by atomic mass is 9.64. The number of ether oxygens (including phenoxy) is 2. The first kappa shape index (κ1) is 31.3. The topological polar surface area (TPSA) is 76.0 Å². The molecule has 0 aromatic heterocycles. The van der Waals surface area contributed by atoms with Gasteiger partial charge in [-0.05, 0) is 80.3 Å². The zero-order valence-corrected chi connectivity index (χ0v) is 25.2. The van der Waals surface area contributed by atoms with E-state index in [-0.39, 0.29) is 31.0 Å². The number of allylic oxidation sites excluding steroid dienone is 5. The fraction of sp³-hybridized carbons (Fsp3) is 0.743. The van der Waals surface area contributed by atoms with Gasteiger partial charge in [-0.25, -0.2) is 4.79 Å². The van der Waals surface area contributed by atoms with Crippen molar-refractivity contribution in [1.29, 1.82) is 0 Å². The van der Waals surface area contributed by atoms with Crippen LogP contribution in [0.25, 0.3) is 0 Å². The molecule has 0 radical (unpaired) electrons. The van der Waals surface area contributed by atoms with Gasteiger partial charge < -0.3 is 19.7 Å². The molecule has 0 saturated heterocycles. The van der Waals surface area contributed by atoms with Crippen LogP contribution in [-0.2, 0) is 14.3 Å². The van der Waals surface area contributed by atoms with Crippen molar-refractivity contribution in [3.8, 4) is 0 Å². The van der Waals surface area contributed by atoms with Crippen LogP contribution in [0.2, 0.25) is 0 Å². The van der Waals surface area contributed by atoms with E-state index in [0.717, 1.165) is 50.5 Å². The summed E-state index contributed by atoms with van der Waals surface area (Å²) in [7, 11) is 0. The fourth-order valence-electron chi connectivity index (χ4n) is 7.72. The molecule has 0 spiro atoms. The van der Waals surface area contributed by atoms with Crippen molar-refractivity contribution in [2.24, 2.45) is 11.3 Å².